The van der Waals surface area contributed by atoms with Gasteiger partial charge in [0.25, 0.3) is 0 Å². The molecule has 0 radical (unpaired) electrons. The third kappa shape index (κ3) is 2.70. The topological polar surface area (TPSA) is 18.5 Å². The van der Waals surface area contributed by atoms with Gasteiger partial charge in [-0.05, 0) is 54.9 Å². The van der Waals surface area contributed by atoms with Crippen molar-refractivity contribution in [2.75, 3.05) is 0 Å². The first-order valence-corrected chi connectivity index (χ1v) is 8.41. The molecule has 23 heavy (non-hydrogen) atoms. The Kier molecular flexibility index (Phi) is 3.66. The first-order valence-electron chi connectivity index (χ1n) is 8.41. The van der Waals surface area contributed by atoms with Gasteiger partial charge in [0.2, 0.25) is 0 Å². The van der Waals surface area contributed by atoms with Crippen molar-refractivity contribution < 1.29 is 9.31 Å². The Labute approximate surface area is 140 Å². The molecule has 0 saturated carbocycles. The van der Waals surface area contributed by atoms with Crippen molar-refractivity contribution in [3.05, 3.63) is 42.0 Å². The average Bonchev–Trinajstić information content (AvgIpc) is 2.65. The standard InChI is InChI=1S/C20H27BO2/c1-18(2,3)16-12-13-17(15-11-9-8-10-14(15)16)21-22-19(4,5)20(6,7)23-21/h8-13H,1-7H3. The van der Waals surface area contributed by atoms with Crippen molar-refractivity contribution in [2.45, 2.75) is 65.1 Å². The maximum Gasteiger partial charge on any atom is 0.495 e. The normalized spacial score (nSPS) is 20.2. The van der Waals surface area contributed by atoms with Crippen LogP contribution >= 0.6 is 0 Å². The summed E-state index contributed by atoms with van der Waals surface area (Å²) in [5, 5.41) is 2.51. The van der Waals surface area contributed by atoms with Crippen molar-refractivity contribution in [2.24, 2.45) is 0 Å². The zero-order valence-electron chi connectivity index (χ0n) is 15.4. The van der Waals surface area contributed by atoms with E-state index in [0.29, 0.717) is 0 Å². The predicted octanol–water partition coefficient (Wildman–Crippen LogP) is 4.44. The Hall–Kier alpha value is -1.32. The maximum absolute atomic E-state index is 6.26. The van der Waals surface area contributed by atoms with Crippen molar-refractivity contribution in [1.29, 1.82) is 0 Å². The van der Waals surface area contributed by atoms with Crippen molar-refractivity contribution in [3.8, 4) is 0 Å². The molecular formula is C20H27BO2. The SMILES string of the molecule is CC(C)(C)c1ccc(B2OC(C)(C)C(C)(C)O2)c2ccccc12. The molecule has 0 amide bonds. The molecule has 1 saturated heterocycles. The Morgan fingerprint density at radius 3 is 1.83 bits per heavy atom. The lowest BCUT2D eigenvalue weighted by Crippen LogP contribution is -2.41. The van der Waals surface area contributed by atoms with Crippen LogP contribution in [0.4, 0.5) is 0 Å². The fourth-order valence-corrected chi connectivity index (χ4v) is 3.15. The van der Waals surface area contributed by atoms with E-state index < -0.39 is 0 Å². The van der Waals surface area contributed by atoms with Gasteiger partial charge in [-0.15, -0.1) is 0 Å². The lowest BCUT2D eigenvalue weighted by atomic mass is 9.73. The molecule has 0 N–H and O–H groups in total. The lowest BCUT2D eigenvalue weighted by Gasteiger charge is -2.32. The average molecular weight is 310 g/mol. The van der Waals surface area contributed by atoms with E-state index in [-0.39, 0.29) is 23.7 Å². The van der Waals surface area contributed by atoms with Gasteiger partial charge in [-0.1, -0.05) is 57.2 Å². The van der Waals surface area contributed by atoms with E-state index in [4.69, 9.17) is 9.31 Å². The number of fused-ring (bicyclic) bond motifs is 1. The fraction of sp³-hybridized carbons (Fsp3) is 0.500. The molecule has 1 aliphatic heterocycles. The molecule has 0 aromatic heterocycles. The van der Waals surface area contributed by atoms with Gasteiger partial charge in [-0.25, -0.2) is 0 Å². The van der Waals surface area contributed by atoms with Crippen LogP contribution in [0, 0.1) is 0 Å². The van der Waals surface area contributed by atoms with E-state index in [1.165, 1.54) is 16.3 Å². The summed E-state index contributed by atoms with van der Waals surface area (Å²) in [6.45, 7) is 15.1. The summed E-state index contributed by atoms with van der Waals surface area (Å²) in [6.07, 6.45) is 0. The zero-order chi connectivity index (χ0) is 17.0. The van der Waals surface area contributed by atoms with E-state index in [2.05, 4.69) is 84.9 Å². The number of benzene rings is 2. The summed E-state index contributed by atoms with van der Waals surface area (Å²) in [5.74, 6) is 0. The van der Waals surface area contributed by atoms with Gasteiger partial charge in [0, 0.05) is 0 Å². The zero-order valence-corrected chi connectivity index (χ0v) is 15.4. The molecule has 122 valence electrons. The Morgan fingerprint density at radius 1 is 0.783 bits per heavy atom. The third-order valence-electron chi connectivity index (χ3n) is 5.27. The molecule has 2 nitrogen and oxygen atoms in total. The first kappa shape index (κ1) is 16.5. The molecule has 1 heterocycles. The monoisotopic (exact) mass is 310 g/mol. The molecule has 0 atom stereocenters. The minimum atomic E-state index is -0.320. The Bertz CT molecular complexity index is 725. The molecule has 3 heteroatoms. The van der Waals surface area contributed by atoms with Gasteiger partial charge < -0.3 is 9.31 Å². The summed E-state index contributed by atoms with van der Waals surface area (Å²) in [6, 6.07) is 13.0. The van der Waals surface area contributed by atoms with Crippen LogP contribution in [0.25, 0.3) is 10.8 Å². The van der Waals surface area contributed by atoms with Crippen LogP contribution in [0.1, 0.15) is 54.0 Å². The van der Waals surface area contributed by atoms with Gasteiger partial charge in [0.05, 0.1) is 11.2 Å². The van der Waals surface area contributed by atoms with Crippen molar-refractivity contribution in [3.63, 3.8) is 0 Å². The quantitative estimate of drug-likeness (QED) is 0.725. The van der Waals surface area contributed by atoms with Crippen molar-refractivity contribution in [1.82, 2.24) is 0 Å². The maximum atomic E-state index is 6.26. The first-order chi connectivity index (χ1) is 10.5. The van der Waals surface area contributed by atoms with Gasteiger partial charge >= 0.3 is 7.12 Å². The van der Waals surface area contributed by atoms with Gasteiger partial charge in [-0.3, -0.25) is 0 Å². The molecule has 1 fully saturated rings. The highest BCUT2D eigenvalue weighted by Gasteiger charge is 2.52. The highest BCUT2D eigenvalue weighted by atomic mass is 16.7. The molecule has 2 aromatic rings. The second kappa shape index (κ2) is 5.09. The molecule has 1 aliphatic rings. The highest BCUT2D eigenvalue weighted by Crippen LogP contribution is 2.37. The molecule has 0 unspecified atom stereocenters. The smallest absolute Gasteiger partial charge is 0.399 e. The molecular weight excluding hydrogens is 283 g/mol. The minimum Gasteiger partial charge on any atom is -0.399 e. The number of rotatable bonds is 1. The molecule has 0 bridgehead atoms. The van der Waals surface area contributed by atoms with Crippen LogP contribution in [0.5, 0.6) is 0 Å². The summed E-state index contributed by atoms with van der Waals surface area (Å²) in [7, 11) is -0.320. The van der Waals surface area contributed by atoms with Crippen LogP contribution in [0.3, 0.4) is 0 Å². The van der Waals surface area contributed by atoms with Gasteiger partial charge in [0.15, 0.2) is 0 Å². The predicted molar refractivity (Wildman–Crippen MR) is 98.4 cm³/mol. The van der Waals surface area contributed by atoms with E-state index in [1.54, 1.807) is 0 Å². The number of hydrogen-bond acceptors (Lipinski definition) is 2. The van der Waals surface area contributed by atoms with E-state index in [9.17, 15) is 0 Å². The minimum absolute atomic E-state index is 0.105. The van der Waals surface area contributed by atoms with Crippen LogP contribution in [-0.2, 0) is 14.7 Å². The van der Waals surface area contributed by atoms with Crippen LogP contribution in [0.2, 0.25) is 0 Å². The summed E-state index contributed by atoms with van der Waals surface area (Å²) >= 11 is 0. The van der Waals surface area contributed by atoms with E-state index in [1.807, 2.05) is 0 Å². The van der Waals surface area contributed by atoms with Crippen LogP contribution < -0.4 is 5.46 Å². The Balaban J connectivity index is 2.15. The fourth-order valence-electron chi connectivity index (χ4n) is 3.15. The largest absolute Gasteiger partial charge is 0.495 e. The molecule has 0 spiro atoms. The summed E-state index contributed by atoms with van der Waals surface area (Å²) in [5.41, 5.74) is 1.94. The molecule has 0 aliphatic carbocycles. The summed E-state index contributed by atoms with van der Waals surface area (Å²) in [4.78, 5) is 0. The van der Waals surface area contributed by atoms with Crippen molar-refractivity contribution >= 4 is 23.4 Å². The van der Waals surface area contributed by atoms with E-state index >= 15 is 0 Å². The van der Waals surface area contributed by atoms with E-state index in [0.717, 1.165) is 5.46 Å². The van der Waals surface area contributed by atoms with Gasteiger partial charge in [-0.2, -0.15) is 0 Å². The van der Waals surface area contributed by atoms with Crippen LogP contribution in [-0.4, -0.2) is 18.3 Å². The number of hydrogen-bond donors (Lipinski definition) is 0. The molecule has 2 aromatic carbocycles. The second-order valence-electron chi connectivity index (χ2n) is 8.59. The molecule has 3 rings (SSSR count). The third-order valence-corrected chi connectivity index (χ3v) is 5.27. The highest BCUT2D eigenvalue weighted by molar-refractivity contribution is 6.65. The second-order valence-corrected chi connectivity index (χ2v) is 8.59. The van der Waals surface area contributed by atoms with Gasteiger partial charge in [0.1, 0.15) is 0 Å². The van der Waals surface area contributed by atoms with Crippen LogP contribution in [0.15, 0.2) is 36.4 Å². The lowest BCUT2D eigenvalue weighted by molar-refractivity contribution is 0.00578. The Morgan fingerprint density at radius 2 is 1.30 bits per heavy atom. The summed E-state index contributed by atoms with van der Waals surface area (Å²) < 4.78 is 12.5.